The van der Waals surface area contributed by atoms with Crippen LogP contribution in [-0.2, 0) is 7.05 Å². The zero-order valence-electron chi connectivity index (χ0n) is 9.61. The SMILES string of the molecule is CNC(c1cnn(C)c1)c1ccc(F)cc1F. The molecule has 0 spiro atoms. The van der Waals surface area contributed by atoms with E-state index in [1.54, 1.807) is 31.2 Å². The molecular weight excluding hydrogens is 224 g/mol. The van der Waals surface area contributed by atoms with Crippen LogP contribution in [0.15, 0.2) is 30.6 Å². The topological polar surface area (TPSA) is 29.9 Å². The fourth-order valence-electron chi connectivity index (χ4n) is 1.83. The van der Waals surface area contributed by atoms with Gasteiger partial charge in [0.25, 0.3) is 0 Å². The maximum absolute atomic E-state index is 13.7. The molecule has 0 bridgehead atoms. The Morgan fingerprint density at radius 2 is 2.12 bits per heavy atom. The van der Waals surface area contributed by atoms with Crippen LogP contribution >= 0.6 is 0 Å². The average Bonchev–Trinajstić information content (AvgIpc) is 2.69. The van der Waals surface area contributed by atoms with Gasteiger partial charge in [-0.25, -0.2) is 8.78 Å². The fraction of sp³-hybridized carbons (Fsp3) is 0.250. The Morgan fingerprint density at radius 1 is 1.35 bits per heavy atom. The molecule has 0 radical (unpaired) electrons. The van der Waals surface area contributed by atoms with Crippen molar-refractivity contribution in [2.75, 3.05) is 7.05 Å². The lowest BCUT2D eigenvalue weighted by atomic mass is 10.0. The standard InChI is InChI=1S/C12H13F2N3/c1-15-12(8-6-16-17(2)7-8)10-4-3-9(13)5-11(10)14/h3-7,12,15H,1-2H3. The molecule has 1 atom stereocenters. The molecule has 0 aliphatic rings. The van der Waals surface area contributed by atoms with Crippen molar-refractivity contribution in [2.45, 2.75) is 6.04 Å². The predicted octanol–water partition coefficient (Wildman–Crippen LogP) is 2.01. The third kappa shape index (κ3) is 2.34. The molecule has 2 aromatic rings. The highest BCUT2D eigenvalue weighted by Gasteiger charge is 2.17. The normalized spacial score (nSPS) is 12.7. The highest BCUT2D eigenvalue weighted by molar-refractivity contribution is 5.30. The molecule has 1 heterocycles. The summed E-state index contributed by atoms with van der Waals surface area (Å²) >= 11 is 0. The lowest BCUT2D eigenvalue weighted by Crippen LogP contribution is -2.18. The van der Waals surface area contributed by atoms with E-state index in [2.05, 4.69) is 10.4 Å². The average molecular weight is 237 g/mol. The summed E-state index contributed by atoms with van der Waals surface area (Å²) < 4.78 is 28.2. The minimum absolute atomic E-state index is 0.329. The molecule has 1 N–H and O–H groups in total. The van der Waals surface area contributed by atoms with Gasteiger partial charge in [0, 0.05) is 30.4 Å². The van der Waals surface area contributed by atoms with Gasteiger partial charge >= 0.3 is 0 Å². The summed E-state index contributed by atoms with van der Waals surface area (Å²) in [6, 6.07) is 3.25. The van der Waals surface area contributed by atoms with Crippen LogP contribution in [0.4, 0.5) is 8.78 Å². The second-order valence-electron chi connectivity index (χ2n) is 3.83. The molecule has 0 amide bonds. The Kier molecular flexibility index (Phi) is 3.19. The molecule has 0 aliphatic heterocycles. The number of aromatic nitrogens is 2. The van der Waals surface area contributed by atoms with Crippen molar-refractivity contribution in [3.8, 4) is 0 Å². The van der Waals surface area contributed by atoms with Gasteiger partial charge in [0.2, 0.25) is 0 Å². The van der Waals surface area contributed by atoms with Crippen molar-refractivity contribution in [1.29, 1.82) is 0 Å². The van der Waals surface area contributed by atoms with E-state index in [-0.39, 0.29) is 6.04 Å². The molecular formula is C12H13F2N3. The van der Waals surface area contributed by atoms with Gasteiger partial charge in [-0.3, -0.25) is 4.68 Å². The second kappa shape index (κ2) is 4.63. The van der Waals surface area contributed by atoms with Crippen molar-refractivity contribution in [3.05, 3.63) is 53.4 Å². The van der Waals surface area contributed by atoms with Gasteiger partial charge < -0.3 is 5.32 Å². The predicted molar refractivity (Wildman–Crippen MR) is 60.5 cm³/mol. The number of benzene rings is 1. The van der Waals surface area contributed by atoms with Gasteiger partial charge in [0.15, 0.2) is 0 Å². The van der Waals surface area contributed by atoms with E-state index < -0.39 is 11.6 Å². The van der Waals surface area contributed by atoms with E-state index in [4.69, 9.17) is 0 Å². The van der Waals surface area contributed by atoms with E-state index in [1.165, 1.54) is 12.1 Å². The van der Waals surface area contributed by atoms with Crippen LogP contribution in [0.1, 0.15) is 17.2 Å². The van der Waals surface area contributed by atoms with Gasteiger partial charge in [-0.1, -0.05) is 6.07 Å². The van der Waals surface area contributed by atoms with E-state index in [0.717, 1.165) is 11.6 Å². The summed E-state index contributed by atoms with van der Waals surface area (Å²) in [5.41, 5.74) is 1.24. The van der Waals surface area contributed by atoms with Gasteiger partial charge in [0.05, 0.1) is 12.2 Å². The number of nitrogens with zero attached hydrogens (tertiary/aromatic N) is 2. The molecule has 17 heavy (non-hydrogen) atoms. The zero-order valence-corrected chi connectivity index (χ0v) is 9.61. The van der Waals surface area contributed by atoms with E-state index in [0.29, 0.717) is 5.56 Å². The fourth-order valence-corrected chi connectivity index (χ4v) is 1.83. The molecule has 2 rings (SSSR count). The van der Waals surface area contributed by atoms with Crippen LogP contribution in [0.5, 0.6) is 0 Å². The Labute approximate surface area is 98.1 Å². The highest BCUT2D eigenvalue weighted by Crippen LogP contribution is 2.24. The Hall–Kier alpha value is -1.75. The van der Waals surface area contributed by atoms with Crippen LogP contribution in [0.2, 0.25) is 0 Å². The molecule has 90 valence electrons. The van der Waals surface area contributed by atoms with E-state index >= 15 is 0 Å². The van der Waals surface area contributed by atoms with Gasteiger partial charge in [-0.2, -0.15) is 5.10 Å². The summed E-state index contributed by atoms with van der Waals surface area (Å²) in [5.74, 6) is -1.14. The number of rotatable bonds is 3. The van der Waals surface area contributed by atoms with Crippen molar-refractivity contribution in [2.24, 2.45) is 7.05 Å². The molecule has 0 fully saturated rings. The molecule has 1 unspecified atom stereocenters. The zero-order chi connectivity index (χ0) is 12.4. The van der Waals surface area contributed by atoms with Crippen molar-refractivity contribution >= 4 is 0 Å². The van der Waals surface area contributed by atoms with Crippen molar-refractivity contribution in [1.82, 2.24) is 15.1 Å². The van der Waals surface area contributed by atoms with Crippen molar-refractivity contribution in [3.63, 3.8) is 0 Å². The first-order valence-corrected chi connectivity index (χ1v) is 5.22. The molecule has 0 saturated carbocycles. The van der Waals surface area contributed by atoms with Crippen LogP contribution in [-0.4, -0.2) is 16.8 Å². The first-order valence-electron chi connectivity index (χ1n) is 5.22. The summed E-state index contributed by atoms with van der Waals surface area (Å²) in [6.07, 6.45) is 3.45. The van der Waals surface area contributed by atoms with Gasteiger partial charge in [0.1, 0.15) is 11.6 Å². The maximum Gasteiger partial charge on any atom is 0.131 e. The van der Waals surface area contributed by atoms with E-state index in [9.17, 15) is 8.78 Å². The number of hydrogen-bond acceptors (Lipinski definition) is 2. The smallest absolute Gasteiger partial charge is 0.131 e. The Bertz CT molecular complexity index is 522. The van der Waals surface area contributed by atoms with Crippen LogP contribution in [0, 0.1) is 11.6 Å². The number of halogens is 2. The first-order chi connectivity index (χ1) is 8.11. The van der Waals surface area contributed by atoms with Crippen molar-refractivity contribution < 1.29 is 8.78 Å². The first kappa shape index (κ1) is 11.7. The van der Waals surface area contributed by atoms with Crippen LogP contribution < -0.4 is 5.32 Å². The number of aryl methyl sites for hydroxylation is 1. The van der Waals surface area contributed by atoms with Crippen LogP contribution in [0.25, 0.3) is 0 Å². The lowest BCUT2D eigenvalue weighted by Gasteiger charge is -2.15. The second-order valence-corrected chi connectivity index (χ2v) is 3.83. The molecule has 1 aromatic heterocycles. The summed E-state index contributed by atoms with van der Waals surface area (Å²) in [4.78, 5) is 0. The third-order valence-electron chi connectivity index (χ3n) is 2.62. The quantitative estimate of drug-likeness (QED) is 0.885. The van der Waals surface area contributed by atoms with Gasteiger partial charge in [-0.05, 0) is 13.1 Å². The summed E-state index contributed by atoms with van der Waals surface area (Å²) in [5, 5.41) is 7.03. The monoisotopic (exact) mass is 237 g/mol. The highest BCUT2D eigenvalue weighted by atomic mass is 19.1. The summed E-state index contributed by atoms with van der Waals surface area (Å²) in [7, 11) is 3.51. The van der Waals surface area contributed by atoms with Gasteiger partial charge in [-0.15, -0.1) is 0 Å². The van der Waals surface area contributed by atoms with Crippen LogP contribution in [0.3, 0.4) is 0 Å². The Morgan fingerprint density at radius 3 is 2.65 bits per heavy atom. The molecule has 0 saturated heterocycles. The number of nitrogens with one attached hydrogen (secondary N) is 1. The summed E-state index contributed by atoms with van der Waals surface area (Å²) in [6.45, 7) is 0. The lowest BCUT2D eigenvalue weighted by molar-refractivity contribution is 0.551. The molecule has 1 aromatic carbocycles. The third-order valence-corrected chi connectivity index (χ3v) is 2.62. The minimum atomic E-state index is -0.577. The largest absolute Gasteiger partial charge is 0.309 e. The molecule has 3 nitrogen and oxygen atoms in total. The molecule has 0 aliphatic carbocycles. The Balaban J connectivity index is 2.42. The maximum atomic E-state index is 13.7. The minimum Gasteiger partial charge on any atom is -0.309 e. The molecule has 5 heteroatoms. The van der Waals surface area contributed by atoms with E-state index in [1.807, 2.05) is 0 Å². The number of hydrogen-bond donors (Lipinski definition) is 1.